The molecule has 4 nitrogen and oxygen atoms in total. The summed E-state index contributed by atoms with van der Waals surface area (Å²) in [5.74, 6) is 1.37. The van der Waals surface area contributed by atoms with Crippen molar-refractivity contribution in [3.63, 3.8) is 0 Å². The average molecular weight is 347 g/mol. The van der Waals surface area contributed by atoms with Crippen molar-refractivity contribution >= 4 is 17.5 Å². The van der Waals surface area contributed by atoms with Crippen LogP contribution in [-0.2, 0) is 6.42 Å². The molecule has 4 fully saturated rings. The summed E-state index contributed by atoms with van der Waals surface area (Å²) in [5, 5.41) is 3.90. The Balaban J connectivity index is 1.40. The molecule has 5 aliphatic rings. The number of benzene rings is 1. The first kappa shape index (κ1) is 15.0. The van der Waals surface area contributed by atoms with Gasteiger partial charge in [0.15, 0.2) is 0 Å². The standard InChI is InChI=1S/C19H23ClN2O2/c20-14-8-13-10-19(4-1-5-19)24-17(13)15(9-14)18(23)21-16-11-22-6-2-12(16)3-7-22/h8-9,12,16H,1-7,10-11H2,(H,21,23). The van der Waals surface area contributed by atoms with Crippen LogP contribution in [-0.4, -0.2) is 42.1 Å². The van der Waals surface area contributed by atoms with E-state index in [2.05, 4.69) is 10.2 Å². The van der Waals surface area contributed by atoms with E-state index < -0.39 is 0 Å². The van der Waals surface area contributed by atoms with Gasteiger partial charge < -0.3 is 15.0 Å². The fraction of sp³-hybridized carbons (Fsp3) is 0.632. The molecule has 1 N–H and O–H groups in total. The Labute approximate surface area is 147 Å². The van der Waals surface area contributed by atoms with Crippen LogP contribution in [0.25, 0.3) is 0 Å². The number of piperidine rings is 3. The molecule has 3 saturated heterocycles. The number of amides is 1. The number of nitrogens with zero attached hydrogens (tertiary/aromatic N) is 1. The first-order valence-corrected chi connectivity index (χ1v) is 9.54. The first-order valence-electron chi connectivity index (χ1n) is 9.17. The summed E-state index contributed by atoms with van der Waals surface area (Å²) in [6.07, 6.45) is 6.66. The van der Waals surface area contributed by atoms with Gasteiger partial charge in [0.25, 0.3) is 5.91 Å². The number of carbonyl (C=O) groups excluding carboxylic acids is 1. The lowest BCUT2D eigenvalue weighted by molar-refractivity contribution is 0.0137. The van der Waals surface area contributed by atoms with Crippen LogP contribution in [0.2, 0.25) is 5.02 Å². The molecular weight excluding hydrogens is 324 g/mol. The molecule has 5 heteroatoms. The van der Waals surface area contributed by atoms with E-state index in [0.29, 0.717) is 16.5 Å². The average Bonchev–Trinajstić information content (AvgIpc) is 2.95. The van der Waals surface area contributed by atoms with Gasteiger partial charge in [-0.25, -0.2) is 0 Å². The summed E-state index contributed by atoms with van der Waals surface area (Å²) in [5.41, 5.74) is 1.66. The van der Waals surface area contributed by atoms with Crippen molar-refractivity contribution in [1.29, 1.82) is 0 Å². The number of ether oxygens (including phenoxy) is 1. The molecule has 1 spiro atoms. The summed E-state index contributed by atoms with van der Waals surface area (Å²) in [6.45, 7) is 3.33. The van der Waals surface area contributed by atoms with Crippen molar-refractivity contribution < 1.29 is 9.53 Å². The molecule has 1 saturated carbocycles. The molecule has 0 aromatic heterocycles. The van der Waals surface area contributed by atoms with Crippen LogP contribution in [0.15, 0.2) is 12.1 Å². The third-order valence-electron chi connectivity index (χ3n) is 6.44. The molecule has 2 bridgehead atoms. The number of fused-ring (bicyclic) bond motifs is 4. The lowest BCUT2D eigenvalue weighted by Gasteiger charge is -2.45. The van der Waals surface area contributed by atoms with Crippen LogP contribution in [0.1, 0.15) is 48.0 Å². The number of halogens is 1. The summed E-state index contributed by atoms with van der Waals surface area (Å²) in [6, 6.07) is 4.00. The van der Waals surface area contributed by atoms with Crippen molar-refractivity contribution in [2.24, 2.45) is 5.92 Å². The minimum atomic E-state index is -0.0579. The van der Waals surface area contributed by atoms with E-state index in [9.17, 15) is 4.79 Å². The Morgan fingerprint density at radius 1 is 1.29 bits per heavy atom. The quantitative estimate of drug-likeness (QED) is 0.895. The van der Waals surface area contributed by atoms with Crippen molar-refractivity contribution in [1.82, 2.24) is 10.2 Å². The lowest BCUT2D eigenvalue weighted by atomic mass is 9.77. The predicted octanol–water partition coefficient (Wildman–Crippen LogP) is 3.02. The van der Waals surface area contributed by atoms with Crippen molar-refractivity contribution in [3.05, 3.63) is 28.3 Å². The third-order valence-corrected chi connectivity index (χ3v) is 6.66. The van der Waals surface area contributed by atoms with Crippen LogP contribution < -0.4 is 10.1 Å². The number of rotatable bonds is 2. The van der Waals surface area contributed by atoms with Crippen LogP contribution in [0.5, 0.6) is 5.75 Å². The maximum absolute atomic E-state index is 13.0. The van der Waals surface area contributed by atoms with E-state index >= 15 is 0 Å². The van der Waals surface area contributed by atoms with Gasteiger partial charge in [0.05, 0.1) is 5.56 Å². The number of hydrogen-bond acceptors (Lipinski definition) is 3. The molecule has 1 aromatic rings. The zero-order chi connectivity index (χ0) is 16.3. The highest BCUT2D eigenvalue weighted by atomic mass is 35.5. The number of nitrogens with one attached hydrogen (secondary N) is 1. The minimum Gasteiger partial charge on any atom is -0.486 e. The van der Waals surface area contributed by atoms with E-state index in [0.717, 1.165) is 37.1 Å². The summed E-state index contributed by atoms with van der Waals surface area (Å²) >= 11 is 6.29. The second-order valence-corrected chi connectivity index (χ2v) is 8.41. The fourth-order valence-electron chi connectivity index (χ4n) is 4.89. The van der Waals surface area contributed by atoms with Gasteiger partial charge in [-0.15, -0.1) is 0 Å². The molecular formula is C19H23ClN2O2. The molecule has 4 aliphatic heterocycles. The van der Waals surface area contributed by atoms with E-state index in [1.165, 1.54) is 32.4 Å². The highest BCUT2D eigenvalue weighted by Gasteiger charge is 2.46. The smallest absolute Gasteiger partial charge is 0.255 e. The molecule has 24 heavy (non-hydrogen) atoms. The van der Waals surface area contributed by atoms with E-state index in [1.807, 2.05) is 6.07 Å². The third kappa shape index (κ3) is 2.34. The summed E-state index contributed by atoms with van der Waals surface area (Å²) in [7, 11) is 0. The van der Waals surface area contributed by atoms with Crippen LogP contribution in [0, 0.1) is 5.92 Å². The Morgan fingerprint density at radius 2 is 2.08 bits per heavy atom. The Bertz CT molecular complexity index is 693. The molecule has 128 valence electrons. The van der Waals surface area contributed by atoms with Gasteiger partial charge in [-0.1, -0.05) is 11.6 Å². The molecule has 1 unspecified atom stereocenters. The highest BCUT2D eigenvalue weighted by molar-refractivity contribution is 6.31. The van der Waals surface area contributed by atoms with Gasteiger partial charge in [0.1, 0.15) is 11.4 Å². The van der Waals surface area contributed by atoms with Crippen molar-refractivity contribution in [3.8, 4) is 5.75 Å². The van der Waals surface area contributed by atoms with Gasteiger partial charge in [-0.05, 0) is 63.2 Å². The van der Waals surface area contributed by atoms with E-state index in [1.54, 1.807) is 6.07 Å². The van der Waals surface area contributed by atoms with Gasteiger partial charge in [0, 0.05) is 29.6 Å². The normalized spacial score (nSPS) is 32.1. The van der Waals surface area contributed by atoms with E-state index in [-0.39, 0.29) is 17.6 Å². The van der Waals surface area contributed by atoms with Crippen molar-refractivity contribution in [2.45, 2.75) is 50.2 Å². The minimum absolute atomic E-state index is 0.0242. The van der Waals surface area contributed by atoms with Crippen molar-refractivity contribution in [2.75, 3.05) is 19.6 Å². The Kier molecular flexibility index (Phi) is 3.36. The fourth-order valence-corrected chi connectivity index (χ4v) is 5.14. The second-order valence-electron chi connectivity index (χ2n) is 7.97. The highest BCUT2D eigenvalue weighted by Crippen LogP contribution is 2.48. The predicted molar refractivity (Wildman–Crippen MR) is 92.8 cm³/mol. The zero-order valence-corrected chi connectivity index (χ0v) is 14.6. The van der Waals surface area contributed by atoms with Gasteiger partial charge >= 0.3 is 0 Å². The topological polar surface area (TPSA) is 41.6 Å². The Hall–Kier alpha value is -1.26. The largest absolute Gasteiger partial charge is 0.486 e. The van der Waals surface area contributed by atoms with Gasteiger partial charge in [-0.2, -0.15) is 0 Å². The number of carbonyl (C=O) groups is 1. The maximum atomic E-state index is 13.0. The first-order chi connectivity index (χ1) is 11.6. The van der Waals surface area contributed by atoms with Gasteiger partial charge in [0.2, 0.25) is 0 Å². The zero-order valence-electron chi connectivity index (χ0n) is 13.8. The van der Waals surface area contributed by atoms with Crippen LogP contribution in [0.4, 0.5) is 0 Å². The second kappa shape index (κ2) is 5.37. The molecule has 1 atom stereocenters. The van der Waals surface area contributed by atoms with E-state index in [4.69, 9.17) is 16.3 Å². The lowest BCUT2D eigenvalue weighted by Crippen LogP contribution is -2.57. The molecule has 1 aromatic carbocycles. The van der Waals surface area contributed by atoms with Crippen LogP contribution in [0.3, 0.4) is 0 Å². The Morgan fingerprint density at radius 3 is 2.71 bits per heavy atom. The summed E-state index contributed by atoms with van der Waals surface area (Å²) in [4.78, 5) is 15.4. The summed E-state index contributed by atoms with van der Waals surface area (Å²) < 4.78 is 6.26. The molecule has 0 radical (unpaired) electrons. The molecule has 6 rings (SSSR count). The molecule has 1 aliphatic carbocycles. The molecule has 1 amide bonds. The van der Waals surface area contributed by atoms with Gasteiger partial charge in [-0.3, -0.25) is 4.79 Å². The SMILES string of the molecule is O=C(NC1CN2CCC1CC2)c1cc(Cl)cc2c1OC1(CCC1)C2. The monoisotopic (exact) mass is 346 g/mol. The molecule has 4 heterocycles. The maximum Gasteiger partial charge on any atom is 0.255 e. The number of hydrogen-bond donors (Lipinski definition) is 1. The van der Waals surface area contributed by atoms with Crippen LogP contribution >= 0.6 is 11.6 Å².